The third-order valence-corrected chi connectivity index (χ3v) is 6.31. The van der Waals surface area contributed by atoms with Gasteiger partial charge in [-0.15, -0.1) is 11.3 Å². The number of hydroxylamine groups is 1. The van der Waals surface area contributed by atoms with Gasteiger partial charge in [0.15, 0.2) is 11.6 Å². The molecular formula is C20H21N9O3S. The van der Waals surface area contributed by atoms with Crippen molar-refractivity contribution in [3.8, 4) is 11.4 Å². The van der Waals surface area contributed by atoms with E-state index in [-0.39, 0.29) is 5.56 Å². The van der Waals surface area contributed by atoms with Gasteiger partial charge in [0.05, 0.1) is 47.3 Å². The van der Waals surface area contributed by atoms with E-state index >= 15 is 0 Å². The van der Waals surface area contributed by atoms with E-state index in [4.69, 9.17) is 19.9 Å². The Balaban J connectivity index is 1.46. The minimum absolute atomic E-state index is 0.175. The van der Waals surface area contributed by atoms with E-state index < -0.39 is 5.91 Å². The molecule has 170 valence electrons. The predicted molar refractivity (Wildman–Crippen MR) is 121 cm³/mol. The van der Waals surface area contributed by atoms with Crippen LogP contribution in [0.1, 0.15) is 15.2 Å². The fourth-order valence-electron chi connectivity index (χ4n) is 3.54. The van der Waals surface area contributed by atoms with Crippen molar-refractivity contribution in [3.05, 3.63) is 41.3 Å². The molecule has 3 N–H and O–H groups in total. The van der Waals surface area contributed by atoms with Crippen LogP contribution in [0.2, 0.25) is 0 Å². The standard InChI is InChI=1S/C20H21N9O3S/c1-28(20-21-7-13(8-22-20)19(30)27-31)11-14-6-15-16(33-14)18(29-2-4-32-5-3-29)26-17(25-15)12-9-23-24-10-12/h6-10,31H,2-5,11H2,1H3,(H,23,24)(H,27,30). The maximum Gasteiger partial charge on any atom is 0.277 e. The summed E-state index contributed by atoms with van der Waals surface area (Å²) >= 11 is 1.63. The molecule has 0 atom stereocenters. The molecule has 0 aromatic carbocycles. The summed E-state index contributed by atoms with van der Waals surface area (Å²) in [6.07, 6.45) is 6.23. The number of carbonyl (C=O) groups is 1. The van der Waals surface area contributed by atoms with Gasteiger partial charge in [-0.2, -0.15) is 5.10 Å². The number of nitrogens with one attached hydrogen (secondary N) is 2. The quantitative estimate of drug-likeness (QED) is 0.281. The molecule has 5 heterocycles. The number of anilines is 2. The molecule has 0 saturated carbocycles. The van der Waals surface area contributed by atoms with Crippen LogP contribution in [0.15, 0.2) is 30.9 Å². The maximum absolute atomic E-state index is 11.5. The van der Waals surface area contributed by atoms with Gasteiger partial charge in [-0.05, 0) is 6.07 Å². The van der Waals surface area contributed by atoms with E-state index in [1.54, 1.807) is 29.2 Å². The number of hydrogen-bond donors (Lipinski definition) is 3. The van der Waals surface area contributed by atoms with Crippen LogP contribution in [0.5, 0.6) is 0 Å². The van der Waals surface area contributed by atoms with Crippen LogP contribution in [0.3, 0.4) is 0 Å². The van der Waals surface area contributed by atoms with Crippen LogP contribution in [-0.2, 0) is 11.3 Å². The van der Waals surface area contributed by atoms with Gasteiger partial charge >= 0.3 is 0 Å². The zero-order chi connectivity index (χ0) is 22.8. The normalized spacial score (nSPS) is 13.9. The van der Waals surface area contributed by atoms with Gasteiger partial charge in [0, 0.05) is 43.6 Å². The van der Waals surface area contributed by atoms with Gasteiger partial charge in [-0.25, -0.2) is 25.4 Å². The molecular weight excluding hydrogens is 446 g/mol. The second kappa shape index (κ2) is 9.05. The highest BCUT2D eigenvalue weighted by Gasteiger charge is 2.21. The van der Waals surface area contributed by atoms with Gasteiger partial charge in [-0.3, -0.25) is 15.1 Å². The number of ether oxygens (including phenoxy) is 1. The summed E-state index contributed by atoms with van der Waals surface area (Å²) in [6.45, 7) is 3.41. The summed E-state index contributed by atoms with van der Waals surface area (Å²) in [4.78, 5) is 34.7. The fraction of sp³-hybridized carbons (Fsp3) is 0.300. The fourth-order valence-corrected chi connectivity index (χ4v) is 4.70. The molecule has 4 aromatic rings. The molecule has 1 saturated heterocycles. The molecule has 0 aliphatic carbocycles. The van der Waals surface area contributed by atoms with Crippen molar-refractivity contribution < 1.29 is 14.7 Å². The molecule has 1 fully saturated rings. The lowest BCUT2D eigenvalue weighted by atomic mass is 10.3. The second-order valence-electron chi connectivity index (χ2n) is 7.45. The summed E-state index contributed by atoms with van der Waals surface area (Å²) in [5, 5.41) is 15.6. The number of carbonyl (C=O) groups excluding carboxylic acids is 1. The number of morpholine rings is 1. The minimum atomic E-state index is -0.656. The Hall–Kier alpha value is -3.68. The number of amides is 1. The number of fused-ring (bicyclic) bond motifs is 1. The summed E-state index contributed by atoms with van der Waals surface area (Å²) in [5.74, 6) is 1.32. The minimum Gasteiger partial charge on any atom is -0.378 e. The Labute approximate surface area is 192 Å². The van der Waals surface area contributed by atoms with Gasteiger partial charge in [0.2, 0.25) is 5.95 Å². The van der Waals surface area contributed by atoms with Crippen LogP contribution in [-0.4, -0.2) is 74.6 Å². The number of nitrogens with zero attached hydrogens (tertiary/aromatic N) is 7. The average molecular weight is 468 g/mol. The van der Waals surface area contributed by atoms with Crippen molar-refractivity contribution in [2.24, 2.45) is 0 Å². The van der Waals surface area contributed by atoms with Crippen LogP contribution < -0.4 is 15.3 Å². The first-order valence-electron chi connectivity index (χ1n) is 10.2. The molecule has 0 spiro atoms. The third kappa shape index (κ3) is 4.33. The molecule has 1 aliphatic heterocycles. The molecule has 0 unspecified atom stereocenters. The maximum atomic E-state index is 11.5. The number of aromatic nitrogens is 6. The number of H-pyrrole nitrogens is 1. The number of aromatic amines is 1. The molecule has 5 rings (SSSR count). The first-order chi connectivity index (χ1) is 16.1. The van der Waals surface area contributed by atoms with Crippen molar-refractivity contribution in [2.75, 3.05) is 43.2 Å². The topological polar surface area (TPSA) is 145 Å². The van der Waals surface area contributed by atoms with E-state index in [1.807, 2.05) is 11.9 Å². The van der Waals surface area contributed by atoms with Crippen molar-refractivity contribution in [1.29, 1.82) is 0 Å². The monoisotopic (exact) mass is 467 g/mol. The van der Waals surface area contributed by atoms with Gasteiger partial charge in [0.25, 0.3) is 5.91 Å². The van der Waals surface area contributed by atoms with E-state index in [0.29, 0.717) is 31.5 Å². The molecule has 0 radical (unpaired) electrons. The number of hydrogen-bond acceptors (Lipinski definition) is 11. The Bertz CT molecular complexity index is 1250. The van der Waals surface area contributed by atoms with Crippen molar-refractivity contribution in [1.82, 2.24) is 35.6 Å². The predicted octanol–water partition coefficient (Wildman–Crippen LogP) is 1.46. The summed E-state index contributed by atoms with van der Waals surface area (Å²) < 4.78 is 6.53. The average Bonchev–Trinajstić information content (AvgIpc) is 3.53. The molecule has 13 heteroatoms. The second-order valence-corrected chi connectivity index (χ2v) is 8.59. The first-order valence-corrected chi connectivity index (χ1v) is 11.0. The zero-order valence-electron chi connectivity index (χ0n) is 17.7. The van der Waals surface area contributed by atoms with E-state index in [0.717, 1.165) is 39.6 Å². The smallest absolute Gasteiger partial charge is 0.277 e. The summed E-state index contributed by atoms with van der Waals surface area (Å²) in [7, 11) is 1.87. The van der Waals surface area contributed by atoms with Crippen molar-refractivity contribution >= 4 is 39.2 Å². The van der Waals surface area contributed by atoms with Gasteiger partial charge in [-0.1, -0.05) is 0 Å². The highest BCUT2D eigenvalue weighted by molar-refractivity contribution is 7.19. The lowest BCUT2D eigenvalue weighted by Crippen LogP contribution is -2.36. The highest BCUT2D eigenvalue weighted by atomic mass is 32.1. The number of rotatable bonds is 6. The Morgan fingerprint density at radius 2 is 2.06 bits per heavy atom. The third-order valence-electron chi connectivity index (χ3n) is 5.21. The van der Waals surface area contributed by atoms with Crippen LogP contribution >= 0.6 is 11.3 Å². The summed E-state index contributed by atoms with van der Waals surface area (Å²) in [6, 6.07) is 2.05. The van der Waals surface area contributed by atoms with Crippen LogP contribution in [0.4, 0.5) is 11.8 Å². The van der Waals surface area contributed by atoms with E-state index in [1.165, 1.54) is 12.4 Å². The SMILES string of the molecule is CN(Cc1cc2nc(-c3cn[nH]c3)nc(N3CCOCC3)c2s1)c1ncc(C(=O)NO)cn1. The molecule has 4 aromatic heterocycles. The highest BCUT2D eigenvalue weighted by Crippen LogP contribution is 2.35. The molecule has 1 aliphatic rings. The molecule has 1 amide bonds. The lowest BCUT2D eigenvalue weighted by Gasteiger charge is -2.28. The van der Waals surface area contributed by atoms with Crippen molar-refractivity contribution in [3.63, 3.8) is 0 Å². The Kier molecular flexibility index (Phi) is 5.81. The molecule has 12 nitrogen and oxygen atoms in total. The van der Waals surface area contributed by atoms with Crippen molar-refractivity contribution in [2.45, 2.75) is 6.54 Å². The Morgan fingerprint density at radius 3 is 2.76 bits per heavy atom. The largest absolute Gasteiger partial charge is 0.378 e. The van der Waals surface area contributed by atoms with Crippen LogP contribution in [0.25, 0.3) is 21.6 Å². The Morgan fingerprint density at radius 1 is 1.27 bits per heavy atom. The zero-order valence-corrected chi connectivity index (χ0v) is 18.5. The number of thiophene rings is 1. The lowest BCUT2D eigenvalue weighted by molar-refractivity contribution is 0.0705. The molecule has 33 heavy (non-hydrogen) atoms. The van der Waals surface area contributed by atoms with Gasteiger partial charge < -0.3 is 14.5 Å². The van der Waals surface area contributed by atoms with E-state index in [2.05, 4.69) is 31.1 Å². The van der Waals surface area contributed by atoms with E-state index in [9.17, 15) is 4.79 Å². The van der Waals surface area contributed by atoms with Crippen LogP contribution in [0, 0.1) is 0 Å². The molecule has 0 bridgehead atoms. The van der Waals surface area contributed by atoms with Gasteiger partial charge in [0.1, 0.15) is 0 Å². The summed E-state index contributed by atoms with van der Waals surface area (Å²) in [5.41, 5.74) is 3.44. The first kappa shape index (κ1) is 21.2.